The number of likely N-dealkylation sites (tertiary alicyclic amines) is 1. The van der Waals surface area contributed by atoms with Crippen LogP contribution in [-0.4, -0.2) is 58.1 Å². The monoisotopic (exact) mass is 404 g/mol. The predicted molar refractivity (Wildman–Crippen MR) is 114 cm³/mol. The summed E-state index contributed by atoms with van der Waals surface area (Å²) in [4.78, 5) is 17.1. The second-order valence-electron chi connectivity index (χ2n) is 8.48. The van der Waals surface area contributed by atoms with Crippen LogP contribution in [0.5, 0.6) is 0 Å². The minimum absolute atomic E-state index is 0.144. The zero-order valence-corrected chi connectivity index (χ0v) is 17.1. The van der Waals surface area contributed by atoms with E-state index in [4.69, 9.17) is 0 Å². The molecule has 1 amide bonds. The molecule has 30 heavy (non-hydrogen) atoms. The molecule has 2 heterocycles. The van der Waals surface area contributed by atoms with Crippen LogP contribution in [0.4, 0.5) is 4.39 Å². The van der Waals surface area contributed by atoms with Gasteiger partial charge >= 0.3 is 0 Å². The van der Waals surface area contributed by atoms with Crippen molar-refractivity contribution < 1.29 is 9.18 Å². The summed E-state index contributed by atoms with van der Waals surface area (Å²) >= 11 is 0. The van der Waals surface area contributed by atoms with Gasteiger partial charge in [-0.1, -0.05) is 36.8 Å². The lowest BCUT2D eigenvalue weighted by molar-refractivity contribution is 0.00695. The molecule has 5 nitrogen and oxygen atoms in total. The standard InChI is InChI=1S/C24H25FN4O/c1-28(18-6-4-7-18)19-14-29(15-19)24(30)21-11-16(9-10-22(21)25)12-23-20-8-3-2-5-17(20)13-26-27-23/h2-3,5,8-11,13,18-19H,4,6-7,12,14-15H2,1H3. The molecule has 154 valence electrons. The zero-order valence-electron chi connectivity index (χ0n) is 17.1. The quantitative estimate of drug-likeness (QED) is 0.651. The fourth-order valence-electron chi connectivity index (χ4n) is 4.40. The van der Waals surface area contributed by atoms with Gasteiger partial charge in [-0.3, -0.25) is 9.69 Å². The molecule has 0 atom stereocenters. The average molecular weight is 404 g/mol. The van der Waals surface area contributed by atoms with Crippen molar-refractivity contribution in [1.82, 2.24) is 20.0 Å². The van der Waals surface area contributed by atoms with Crippen LogP contribution in [0, 0.1) is 5.82 Å². The molecular weight excluding hydrogens is 379 g/mol. The minimum atomic E-state index is -0.469. The summed E-state index contributed by atoms with van der Waals surface area (Å²) in [6.07, 6.45) is 6.02. The Hall–Kier alpha value is -2.86. The molecule has 1 saturated carbocycles. The highest BCUT2D eigenvalue weighted by atomic mass is 19.1. The van der Waals surface area contributed by atoms with Crippen LogP contribution >= 0.6 is 0 Å². The maximum Gasteiger partial charge on any atom is 0.256 e. The SMILES string of the molecule is CN(C1CCC1)C1CN(C(=O)c2cc(Cc3nncc4ccccc34)ccc2F)C1. The van der Waals surface area contributed by atoms with E-state index >= 15 is 0 Å². The third kappa shape index (κ3) is 3.45. The third-order valence-corrected chi connectivity index (χ3v) is 6.66. The molecule has 2 aromatic carbocycles. The van der Waals surface area contributed by atoms with E-state index in [1.807, 2.05) is 24.3 Å². The largest absolute Gasteiger partial charge is 0.335 e. The first-order valence-electron chi connectivity index (χ1n) is 10.6. The van der Waals surface area contributed by atoms with Crippen LogP contribution in [-0.2, 0) is 6.42 Å². The number of likely N-dealkylation sites (N-methyl/N-ethyl adjacent to an activating group) is 1. The van der Waals surface area contributed by atoms with Crippen molar-refractivity contribution in [2.24, 2.45) is 0 Å². The molecule has 0 N–H and O–H groups in total. The van der Waals surface area contributed by atoms with E-state index in [0.29, 0.717) is 31.6 Å². The van der Waals surface area contributed by atoms with Crippen LogP contribution < -0.4 is 0 Å². The van der Waals surface area contributed by atoms with Gasteiger partial charge in [-0.15, -0.1) is 0 Å². The smallest absolute Gasteiger partial charge is 0.256 e. The van der Waals surface area contributed by atoms with Crippen LogP contribution in [0.25, 0.3) is 10.8 Å². The lowest BCUT2D eigenvalue weighted by Crippen LogP contribution is -2.62. The van der Waals surface area contributed by atoms with Crippen molar-refractivity contribution in [3.8, 4) is 0 Å². The summed E-state index contributed by atoms with van der Waals surface area (Å²) in [5, 5.41) is 10.4. The molecule has 5 rings (SSSR count). The molecule has 0 unspecified atom stereocenters. The first-order chi connectivity index (χ1) is 14.6. The van der Waals surface area contributed by atoms with Gasteiger partial charge in [0, 0.05) is 42.4 Å². The topological polar surface area (TPSA) is 49.3 Å². The maximum absolute atomic E-state index is 14.5. The molecular formula is C24H25FN4O. The van der Waals surface area contributed by atoms with E-state index in [1.165, 1.54) is 25.3 Å². The van der Waals surface area contributed by atoms with E-state index in [1.54, 1.807) is 23.2 Å². The Morgan fingerprint density at radius 3 is 2.73 bits per heavy atom. The summed E-state index contributed by atoms with van der Waals surface area (Å²) in [5.41, 5.74) is 1.82. The van der Waals surface area contributed by atoms with Gasteiger partial charge in [-0.25, -0.2) is 4.39 Å². The normalized spacial score (nSPS) is 17.2. The molecule has 0 spiro atoms. The van der Waals surface area contributed by atoms with Gasteiger partial charge in [0.25, 0.3) is 5.91 Å². The molecule has 3 aromatic rings. The summed E-state index contributed by atoms with van der Waals surface area (Å²) in [6, 6.07) is 13.7. The Morgan fingerprint density at radius 2 is 1.97 bits per heavy atom. The number of aromatic nitrogens is 2. The molecule has 2 aliphatic rings. The summed E-state index contributed by atoms with van der Waals surface area (Å²) in [7, 11) is 2.14. The third-order valence-electron chi connectivity index (χ3n) is 6.66. The van der Waals surface area contributed by atoms with Crippen molar-refractivity contribution in [3.63, 3.8) is 0 Å². The van der Waals surface area contributed by atoms with E-state index in [-0.39, 0.29) is 11.5 Å². The Bertz CT molecular complexity index is 1090. The van der Waals surface area contributed by atoms with Crippen molar-refractivity contribution in [1.29, 1.82) is 0 Å². The van der Waals surface area contributed by atoms with Crippen LogP contribution in [0.15, 0.2) is 48.7 Å². The summed E-state index contributed by atoms with van der Waals surface area (Å²) < 4.78 is 14.5. The van der Waals surface area contributed by atoms with Crippen LogP contribution in [0.3, 0.4) is 0 Å². The second kappa shape index (κ2) is 7.76. The number of nitrogens with zero attached hydrogens (tertiary/aromatic N) is 4. The van der Waals surface area contributed by atoms with Gasteiger partial charge in [-0.2, -0.15) is 10.2 Å². The van der Waals surface area contributed by atoms with Gasteiger partial charge in [0.05, 0.1) is 17.5 Å². The van der Waals surface area contributed by atoms with Crippen LogP contribution in [0.2, 0.25) is 0 Å². The number of hydrogen-bond donors (Lipinski definition) is 0. The molecule has 0 radical (unpaired) electrons. The zero-order chi connectivity index (χ0) is 20.7. The minimum Gasteiger partial charge on any atom is -0.335 e. The van der Waals surface area contributed by atoms with Crippen molar-refractivity contribution in [3.05, 3.63) is 71.3 Å². The molecule has 2 fully saturated rings. The predicted octanol–water partition coefficient (Wildman–Crippen LogP) is 3.67. The van der Waals surface area contributed by atoms with Gasteiger partial charge in [-0.05, 0) is 37.6 Å². The fourth-order valence-corrected chi connectivity index (χ4v) is 4.40. The number of fused-ring (bicyclic) bond motifs is 1. The number of halogens is 1. The number of carbonyl (C=O) groups is 1. The lowest BCUT2D eigenvalue weighted by atomic mass is 9.89. The number of hydrogen-bond acceptors (Lipinski definition) is 4. The number of benzene rings is 2. The molecule has 1 saturated heterocycles. The summed E-state index contributed by atoms with van der Waals surface area (Å²) in [6.45, 7) is 1.34. The first-order valence-corrected chi connectivity index (χ1v) is 10.6. The number of rotatable bonds is 5. The highest BCUT2D eigenvalue weighted by Gasteiger charge is 2.38. The molecule has 1 aliphatic heterocycles. The maximum atomic E-state index is 14.5. The van der Waals surface area contributed by atoms with E-state index in [9.17, 15) is 9.18 Å². The molecule has 6 heteroatoms. The van der Waals surface area contributed by atoms with E-state index < -0.39 is 5.82 Å². The Labute approximate surface area is 175 Å². The summed E-state index contributed by atoms with van der Waals surface area (Å²) in [5.74, 6) is -0.694. The number of amides is 1. The lowest BCUT2D eigenvalue weighted by Gasteiger charge is -2.48. The Morgan fingerprint density at radius 1 is 1.17 bits per heavy atom. The second-order valence-corrected chi connectivity index (χ2v) is 8.48. The van der Waals surface area contributed by atoms with Gasteiger partial charge < -0.3 is 4.90 Å². The molecule has 0 bridgehead atoms. The highest BCUT2D eigenvalue weighted by molar-refractivity contribution is 5.95. The van der Waals surface area contributed by atoms with Gasteiger partial charge in [0.15, 0.2) is 0 Å². The van der Waals surface area contributed by atoms with E-state index in [0.717, 1.165) is 22.0 Å². The highest BCUT2D eigenvalue weighted by Crippen LogP contribution is 2.29. The van der Waals surface area contributed by atoms with Gasteiger partial charge in [0.2, 0.25) is 0 Å². The average Bonchev–Trinajstić information content (AvgIpc) is 2.67. The van der Waals surface area contributed by atoms with Gasteiger partial charge in [0.1, 0.15) is 5.82 Å². The Balaban J connectivity index is 1.32. The van der Waals surface area contributed by atoms with Crippen molar-refractivity contribution in [2.45, 2.75) is 37.8 Å². The Kier molecular flexibility index (Phi) is 4.95. The van der Waals surface area contributed by atoms with Crippen LogP contribution in [0.1, 0.15) is 40.9 Å². The van der Waals surface area contributed by atoms with Crippen molar-refractivity contribution >= 4 is 16.7 Å². The molecule has 1 aromatic heterocycles. The first kappa shape index (κ1) is 19.1. The molecule has 1 aliphatic carbocycles. The van der Waals surface area contributed by atoms with E-state index in [2.05, 4.69) is 22.1 Å². The van der Waals surface area contributed by atoms with Crippen molar-refractivity contribution in [2.75, 3.05) is 20.1 Å². The fraction of sp³-hybridized carbons (Fsp3) is 0.375. The number of carbonyl (C=O) groups excluding carboxylic acids is 1.